The lowest BCUT2D eigenvalue weighted by Gasteiger charge is -2.56. The number of anilines is 1. The van der Waals surface area contributed by atoms with Gasteiger partial charge in [-0.25, -0.2) is 14.5 Å². The molecule has 0 saturated carbocycles. The van der Waals surface area contributed by atoms with Gasteiger partial charge in [0.25, 0.3) is 0 Å². The first-order valence-corrected chi connectivity index (χ1v) is 13.3. The van der Waals surface area contributed by atoms with Crippen molar-refractivity contribution < 1.29 is 4.74 Å². The number of piperidine rings is 1. The molecular weight excluding hydrogens is 490 g/mol. The normalized spacial score (nSPS) is 20.8. The van der Waals surface area contributed by atoms with Gasteiger partial charge in [0.05, 0.1) is 42.5 Å². The van der Waals surface area contributed by atoms with E-state index >= 15 is 0 Å². The fraction of sp³-hybridized carbons (Fsp3) is 0.345. The molecule has 4 aromatic heterocycles. The molecule has 0 spiro atoms. The van der Waals surface area contributed by atoms with Gasteiger partial charge >= 0.3 is 0 Å². The molecule has 4 aliphatic heterocycles. The second-order valence-electron chi connectivity index (χ2n) is 10.4. The van der Waals surface area contributed by atoms with Crippen LogP contribution in [0.4, 0.5) is 5.82 Å². The summed E-state index contributed by atoms with van der Waals surface area (Å²) in [7, 11) is 1.64. The van der Waals surface area contributed by atoms with Gasteiger partial charge in [0.15, 0.2) is 0 Å². The SMILES string of the molecule is COc1ccc(CN2C3CC2CN(c2cnc(-c4cc(C5=CCNCC5)cn5ncc(C#N)c45)cn2)C3)cn1. The molecule has 10 heteroatoms. The molecule has 2 unspecified atom stereocenters. The molecule has 4 aliphatic rings. The number of nitriles is 1. The second-order valence-corrected chi connectivity index (χ2v) is 10.4. The second kappa shape index (κ2) is 9.76. The fourth-order valence-electron chi connectivity index (χ4n) is 6.05. The van der Waals surface area contributed by atoms with Gasteiger partial charge in [0.1, 0.15) is 11.9 Å². The molecular formula is C29H29N9O. The van der Waals surface area contributed by atoms with Crippen LogP contribution in [0.5, 0.6) is 5.88 Å². The minimum absolute atomic E-state index is 0.492. The van der Waals surface area contributed by atoms with Crippen LogP contribution in [0.2, 0.25) is 0 Å². The summed E-state index contributed by atoms with van der Waals surface area (Å²) >= 11 is 0. The van der Waals surface area contributed by atoms with Crippen LogP contribution >= 0.6 is 0 Å². The van der Waals surface area contributed by atoms with Crippen LogP contribution in [0.1, 0.15) is 29.5 Å². The highest BCUT2D eigenvalue weighted by atomic mass is 16.5. The van der Waals surface area contributed by atoms with Gasteiger partial charge in [-0.3, -0.25) is 9.88 Å². The molecule has 39 heavy (non-hydrogen) atoms. The maximum atomic E-state index is 9.72. The average molecular weight is 520 g/mol. The highest BCUT2D eigenvalue weighted by Crippen LogP contribution is 2.36. The van der Waals surface area contributed by atoms with Gasteiger partial charge in [-0.15, -0.1) is 0 Å². The van der Waals surface area contributed by atoms with E-state index in [0.717, 1.165) is 67.3 Å². The minimum atomic E-state index is 0.492. The third-order valence-corrected chi connectivity index (χ3v) is 8.12. The van der Waals surface area contributed by atoms with Gasteiger partial charge in [-0.2, -0.15) is 10.4 Å². The fourth-order valence-corrected chi connectivity index (χ4v) is 6.05. The van der Waals surface area contributed by atoms with Crippen LogP contribution in [0.25, 0.3) is 22.3 Å². The summed E-state index contributed by atoms with van der Waals surface area (Å²) in [5, 5.41) is 17.5. The minimum Gasteiger partial charge on any atom is -0.481 e. The van der Waals surface area contributed by atoms with E-state index in [1.807, 2.05) is 30.9 Å². The maximum Gasteiger partial charge on any atom is 0.212 e. The first kappa shape index (κ1) is 23.8. The van der Waals surface area contributed by atoms with Crippen molar-refractivity contribution in [2.24, 2.45) is 0 Å². The molecule has 0 radical (unpaired) electrons. The molecule has 0 amide bonds. The van der Waals surface area contributed by atoms with Gasteiger partial charge < -0.3 is 15.0 Å². The number of nitrogens with zero attached hydrogens (tertiary/aromatic N) is 8. The number of aromatic nitrogens is 5. The van der Waals surface area contributed by atoms with E-state index in [9.17, 15) is 5.26 Å². The Hall–Kier alpha value is -4.33. The van der Waals surface area contributed by atoms with Crippen LogP contribution in [-0.4, -0.2) is 74.8 Å². The lowest BCUT2D eigenvalue weighted by atomic mass is 9.87. The van der Waals surface area contributed by atoms with Crippen LogP contribution in [0.3, 0.4) is 0 Å². The maximum absolute atomic E-state index is 9.72. The average Bonchev–Trinajstić information content (AvgIpc) is 3.43. The quantitative estimate of drug-likeness (QED) is 0.411. The number of nitrogens with one attached hydrogen (secondary N) is 1. The molecule has 10 nitrogen and oxygen atoms in total. The number of hydrogen-bond donors (Lipinski definition) is 1. The predicted octanol–water partition coefficient (Wildman–Crippen LogP) is 2.91. The Kier molecular flexibility index (Phi) is 5.95. The van der Waals surface area contributed by atoms with Crippen molar-refractivity contribution in [2.75, 3.05) is 38.2 Å². The number of fused-ring (bicyclic) bond motifs is 3. The topological polar surface area (TPSA) is 108 Å². The van der Waals surface area contributed by atoms with Crippen LogP contribution in [-0.2, 0) is 6.54 Å². The van der Waals surface area contributed by atoms with Crippen LogP contribution < -0.4 is 15.0 Å². The number of ether oxygens (including phenoxy) is 1. The van der Waals surface area contributed by atoms with Crippen molar-refractivity contribution in [1.29, 1.82) is 5.26 Å². The first-order chi connectivity index (χ1) is 19.2. The molecule has 1 N–H and O–H groups in total. The van der Waals surface area contributed by atoms with E-state index in [4.69, 9.17) is 14.7 Å². The Bertz CT molecular complexity index is 1570. The van der Waals surface area contributed by atoms with Gasteiger partial charge in [0, 0.05) is 62.3 Å². The Balaban J connectivity index is 1.11. The number of pyridine rings is 2. The largest absolute Gasteiger partial charge is 0.481 e. The molecule has 3 saturated heterocycles. The van der Waals surface area contributed by atoms with E-state index in [1.165, 1.54) is 17.6 Å². The molecule has 4 aromatic rings. The van der Waals surface area contributed by atoms with Crippen molar-refractivity contribution in [3.63, 3.8) is 0 Å². The van der Waals surface area contributed by atoms with Gasteiger partial charge in [0.2, 0.25) is 5.88 Å². The zero-order valence-corrected chi connectivity index (χ0v) is 21.8. The molecule has 0 aromatic carbocycles. The zero-order chi connectivity index (χ0) is 26.3. The Morgan fingerprint density at radius 3 is 2.69 bits per heavy atom. The van der Waals surface area contributed by atoms with Crippen molar-refractivity contribution in [2.45, 2.75) is 31.5 Å². The summed E-state index contributed by atoms with van der Waals surface area (Å²) in [5.41, 5.74) is 6.49. The summed E-state index contributed by atoms with van der Waals surface area (Å²) in [6, 6.07) is 9.40. The smallest absolute Gasteiger partial charge is 0.212 e. The molecule has 3 fully saturated rings. The third-order valence-electron chi connectivity index (χ3n) is 8.12. The van der Waals surface area contributed by atoms with E-state index < -0.39 is 0 Å². The van der Waals surface area contributed by atoms with E-state index in [2.05, 4.69) is 49.5 Å². The molecule has 196 valence electrons. The summed E-state index contributed by atoms with van der Waals surface area (Å²) in [5.74, 6) is 1.53. The molecule has 2 atom stereocenters. The van der Waals surface area contributed by atoms with E-state index in [-0.39, 0.29) is 0 Å². The highest BCUT2D eigenvalue weighted by molar-refractivity contribution is 5.85. The summed E-state index contributed by atoms with van der Waals surface area (Å²) in [6.07, 6.45) is 13.6. The third kappa shape index (κ3) is 4.30. The summed E-state index contributed by atoms with van der Waals surface area (Å²) < 4.78 is 6.98. The molecule has 8 heterocycles. The van der Waals surface area contributed by atoms with Crippen molar-refractivity contribution in [3.8, 4) is 23.2 Å². The molecule has 0 aliphatic carbocycles. The number of hydrogen-bond acceptors (Lipinski definition) is 9. The number of methoxy groups -OCH3 is 1. The van der Waals surface area contributed by atoms with Crippen molar-refractivity contribution in [3.05, 3.63) is 71.9 Å². The summed E-state index contributed by atoms with van der Waals surface area (Å²) in [4.78, 5) is 18.9. The standard InChI is InChI=1S/C29H29N9O/c1-39-28-3-2-19(11-34-28)15-37-23-9-24(37)18-36(17-23)27-14-32-26(13-33-27)25-8-21(20-4-6-31-7-5-20)16-38-29(25)22(10-30)12-35-38/h2-4,8,11-14,16,23-24,31H,5-7,9,15,17-18H2,1H3. The Morgan fingerprint density at radius 1 is 1.10 bits per heavy atom. The Labute approximate surface area is 226 Å². The molecule has 2 bridgehead atoms. The number of piperazine rings is 1. The first-order valence-electron chi connectivity index (χ1n) is 13.3. The van der Waals surface area contributed by atoms with Crippen LogP contribution in [0.15, 0.2) is 55.3 Å². The zero-order valence-electron chi connectivity index (χ0n) is 21.8. The number of rotatable bonds is 6. The monoisotopic (exact) mass is 519 g/mol. The highest BCUT2D eigenvalue weighted by Gasteiger charge is 2.44. The van der Waals surface area contributed by atoms with E-state index in [1.54, 1.807) is 17.8 Å². The van der Waals surface area contributed by atoms with Gasteiger partial charge in [-0.05, 0) is 42.2 Å². The lowest BCUT2D eigenvalue weighted by Crippen LogP contribution is -2.68. The Morgan fingerprint density at radius 2 is 2.00 bits per heavy atom. The van der Waals surface area contributed by atoms with Gasteiger partial charge in [-0.1, -0.05) is 12.1 Å². The van der Waals surface area contributed by atoms with Crippen LogP contribution in [0, 0.1) is 11.3 Å². The van der Waals surface area contributed by atoms with Crippen molar-refractivity contribution in [1.82, 2.24) is 34.8 Å². The summed E-state index contributed by atoms with van der Waals surface area (Å²) in [6.45, 7) is 4.55. The lowest BCUT2D eigenvalue weighted by molar-refractivity contribution is -0.00879. The van der Waals surface area contributed by atoms with E-state index in [0.29, 0.717) is 23.5 Å². The predicted molar refractivity (Wildman–Crippen MR) is 147 cm³/mol. The molecule has 8 rings (SSSR count). The van der Waals surface area contributed by atoms with Crippen molar-refractivity contribution >= 4 is 16.9 Å².